The fourth-order valence-corrected chi connectivity index (χ4v) is 2.52. The molecule has 4 heteroatoms. The van der Waals surface area contributed by atoms with Crippen molar-refractivity contribution in [1.29, 1.82) is 0 Å². The summed E-state index contributed by atoms with van der Waals surface area (Å²) in [4.78, 5) is 18.0. The maximum absolute atomic E-state index is 11.5. The number of pyridine rings is 1. The number of para-hydroxylation sites is 1. The first kappa shape index (κ1) is 15.7. The van der Waals surface area contributed by atoms with Crippen molar-refractivity contribution in [2.24, 2.45) is 0 Å². The first-order valence-corrected chi connectivity index (χ1v) is 7.63. The molecule has 1 heterocycles. The SMILES string of the molecule is CN(C)c1ccc(/C=C/c2cc(C(=O)O)c3ccccc3n2)cc1. The van der Waals surface area contributed by atoms with Gasteiger partial charge in [-0.1, -0.05) is 36.4 Å². The normalized spacial score (nSPS) is 11.1. The van der Waals surface area contributed by atoms with Crippen LogP contribution in [0, 0.1) is 0 Å². The summed E-state index contributed by atoms with van der Waals surface area (Å²) >= 11 is 0. The van der Waals surface area contributed by atoms with E-state index in [9.17, 15) is 9.90 Å². The second-order valence-electron chi connectivity index (χ2n) is 5.74. The summed E-state index contributed by atoms with van der Waals surface area (Å²) in [6, 6.07) is 17.0. The number of nitrogens with zero attached hydrogens (tertiary/aromatic N) is 2. The second-order valence-corrected chi connectivity index (χ2v) is 5.74. The lowest BCUT2D eigenvalue weighted by Gasteiger charge is -2.11. The van der Waals surface area contributed by atoms with Crippen LogP contribution in [0.25, 0.3) is 23.1 Å². The number of aromatic carboxylic acids is 1. The molecule has 0 aliphatic rings. The number of carboxylic acid groups (broad SMARTS) is 1. The molecule has 0 amide bonds. The summed E-state index contributed by atoms with van der Waals surface area (Å²) in [5.74, 6) is -0.946. The van der Waals surface area contributed by atoms with Gasteiger partial charge in [0.1, 0.15) is 0 Å². The topological polar surface area (TPSA) is 53.4 Å². The maximum atomic E-state index is 11.5. The summed E-state index contributed by atoms with van der Waals surface area (Å²) in [6.45, 7) is 0. The van der Waals surface area contributed by atoms with Gasteiger partial charge in [0.15, 0.2) is 0 Å². The number of fused-ring (bicyclic) bond motifs is 1. The number of aromatic nitrogens is 1. The van der Waals surface area contributed by atoms with E-state index in [2.05, 4.69) is 4.98 Å². The number of hydrogen-bond donors (Lipinski definition) is 1. The highest BCUT2D eigenvalue weighted by Gasteiger charge is 2.10. The Morgan fingerprint density at radius 2 is 1.75 bits per heavy atom. The Morgan fingerprint density at radius 1 is 1.04 bits per heavy atom. The van der Waals surface area contributed by atoms with E-state index in [1.54, 1.807) is 12.1 Å². The average molecular weight is 318 g/mol. The molecular formula is C20H18N2O2. The monoisotopic (exact) mass is 318 g/mol. The number of rotatable bonds is 4. The molecule has 24 heavy (non-hydrogen) atoms. The summed E-state index contributed by atoms with van der Waals surface area (Å²) in [7, 11) is 3.99. The molecular weight excluding hydrogens is 300 g/mol. The molecule has 1 aromatic heterocycles. The third kappa shape index (κ3) is 3.27. The highest BCUT2D eigenvalue weighted by atomic mass is 16.4. The van der Waals surface area contributed by atoms with E-state index in [0.29, 0.717) is 16.6 Å². The van der Waals surface area contributed by atoms with Crippen LogP contribution in [0.1, 0.15) is 21.6 Å². The van der Waals surface area contributed by atoms with E-state index >= 15 is 0 Å². The lowest BCUT2D eigenvalue weighted by molar-refractivity contribution is 0.0699. The van der Waals surface area contributed by atoms with Gasteiger partial charge in [0.05, 0.1) is 16.8 Å². The Balaban J connectivity index is 1.96. The molecule has 0 radical (unpaired) electrons. The fourth-order valence-electron chi connectivity index (χ4n) is 2.52. The molecule has 3 aromatic rings. The molecule has 0 bridgehead atoms. The second kappa shape index (κ2) is 6.54. The molecule has 2 aromatic carbocycles. The van der Waals surface area contributed by atoms with Gasteiger partial charge in [-0.2, -0.15) is 0 Å². The van der Waals surface area contributed by atoms with Crippen LogP contribution < -0.4 is 4.90 Å². The quantitative estimate of drug-likeness (QED) is 0.784. The van der Waals surface area contributed by atoms with Crippen molar-refractivity contribution in [3.05, 3.63) is 71.4 Å². The van der Waals surface area contributed by atoms with Crippen molar-refractivity contribution < 1.29 is 9.90 Å². The minimum Gasteiger partial charge on any atom is -0.478 e. The number of benzene rings is 2. The number of anilines is 1. The summed E-state index contributed by atoms with van der Waals surface area (Å²) in [5.41, 5.74) is 3.74. The van der Waals surface area contributed by atoms with Crippen LogP contribution in [0.3, 0.4) is 0 Å². The number of carbonyl (C=O) groups is 1. The van der Waals surface area contributed by atoms with Crippen LogP contribution in [0.4, 0.5) is 5.69 Å². The van der Waals surface area contributed by atoms with E-state index in [-0.39, 0.29) is 5.56 Å². The van der Waals surface area contributed by atoms with Crippen LogP contribution >= 0.6 is 0 Å². The highest BCUT2D eigenvalue weighted by Crippen LogP contribution is 2.20. The molecule has 4 nitrogen and oxygen atoms in total. The van der Waals surface area contributed by atoms with E-state index in [1.165, 1.54) is 0 Å². The largest absolute Gasteiger partial charge is 0.478 e. The van der Waals surface area contributed by atoms with E-state index in [1.807, 2.05) is 73.6 Å². The third-order valence-electron chi connectivity index (χ3n) is 3.82. The lowest BCUT2D eigenvalue weighted by Crippen LogP contribution is -2.07. The van der Waals surface area contributed by atoms with E-state index < -0.39 is 5.97 Å². The number of carboxylic acids is 1. The molecule has 0 spiro atoms. The Hall–Kier alpha value is -3.14. The molecule has 0 fully saturated rings. The zero-order chi connectivity index (χ0) is 17.1. The molecule has 0 saturated carbocycles. The first-order chi connectivity index (χ1) is 11.5. The lowest BCUT2D eigenvalue weighted by atomic mass is 10.1. The van der Waals surface area contributed by atoms with Gasteiger partial charge in [-0.15, -0.1) is 0 Å². The van der Waals surface area contributed by atoms with Crippen molar-refractivity contribution in [2.45, 2.75) is 0 Å². The Morgan fingerprint density at radius 3 is 2.42 bits per heavy atom. The van der Waals surface area contributed by atoms with Gasteiger partial charge in [0.2, 0.25) is 0 Å². The minimum absolute atomic E-state index is 0.267. The smallest absolute Gasteiger partial charge is 0.336 e. The van der Waals surface area contributed by atoms with Gasteiger partial charge >= 0.3 is 5.97 Å². The van der Waals surface area contributed by atoms with Crippen molar-refractivity contribution in [3.8, 4) is 0 Å². The molecule has 3 rings (SSSR count). The standard InChI is InChI=1S/C20H18N2O2/c1-22(2)16-11-8-14(9-12-16)7-10-15-13-18(20(23)24)17-5-3-4-6-19(17)21-15/h3-13H,1-2H3,(H,23,24)/b10-7+. The van der Waals surface area contributed by atoms with Gasteiger partial charge < -0.3 is 10.0 Å². The van der Waals surface area contributed by atoms with E-state index in [0.717, 1.165) is 11.3 Å². The highest BCUT2D eigenvalue weighted by molar-refractivity contribution is 6.03. The maximum Gasteiger partial charge on any atom is 0.336 e. The summed E-state index contributed by atoms with van der Waals surface area (Å²) in [6.07, 6.45) is 3.77. The van der Waals surface area contributed by atoms with Gasteiger partial charge in [-0.25, -0.2) is 9.78 Å². The van der Waals surface area contributed by atoms with Crippen molar-refractivity contribution in [2.75, 3.05) is 19.0 Å². The molecule has 0 aliphatic heterocycles. The third-order valence-corrected chi connectivity index (χ3v) is 3.82. The molecule has 0 atom stereocenters. The Bertz CT molecular complexity index is 913. The molecule has 1 N–H and O–H groups in total. The molecule has 120 valence electrons. The molecule has 0 aliphatic carbocycles. The predicted molar refractivity (Wildman–Crippen MR) is 98.4 cm³/mol. The van der Waals surface area contributed by atoms with Crippen molar-refractivity contribution >= 4 is 34.7 Å². The fraction of sp³-hybridized carbons (Fsp3) is 0.100. The van der Waals surface area contributed by atoms with Crippen LogP contribution in [-0.2, 0) is 0 Å². The average Bonchev–Trinajstić information content (AvgIpc) is 2.59. The summed E-state index contributed by atoms with van der Waals surface area (Å²) < 4.78 is 0. The van der Waals surface area contributed by atoms with Gasteiger partial charge in [0.25, 0.3) is 0 Å². The van der Waals surface area contributed by atoms with Gasteiger partial charge in [0, 0.05) is 25.2 Å². The van der Waals surface area contributed by atoms with E-state index in [4.69, 9.17) is 0 Å². The van der Waals surface area contributed by atoms with Crippen molar-refractivity contribution in [1.82, 2.24) is 4.98 Å². The Kier molecular flexibility index (Phi) is 4.29. The van der Waals surface area contributed by atoms with Gasteiger partial charge in [-0.3, -0.25) is 0 Å². The molecule has 0 unspecified atom stereocenters. The van der Waals surface area contributed by atoms with Crippen molar-refractivity contribution in [3.63, 3.8) is 0 Å². The van der Waals surface area contributed by atoms with Gasteiger partial charge in [-0.05, 0) is 35.9 Å². The van der Waals surface area contributed by atoms with Crippen LogP contribution in [0.5, 0.6) is 0 Å². The zero-order valence-corrected chi connectivity index (χ0v) is 13.6. The van der Waals surface area contributed by atoms with Crippen LogP contribution in [0.2, 0.25) is 0 Å². The zero-order valence-electron chi connectivity index (χ0n) is 13.6. The molecule has 0 saturated heterocycles. The van der Waals surface area contributed by atoms with Crippen LogP contribution in [0.15, 0.2) is 54.6 Å². The minimum atomic E-state index is -0.946. The number of hydrogen-bond acceptors (Lipinski definition) is 3. The first-order valence-electron chi connectivity index (χ1n) is 7.63. The predicted octanol–water partition coefficient (Wildman–Crippen LogP) is 4.17. The summed E-state index contributed by atoms with van der Waals surface area (Å²) in [5, 5.41) is 10.1. The van der Waals surface area contributed by atoms with Crippen LogP contribution in [-0.4, -0.2) is 30.2 Å². The Labute approximate surface area is 140 Å².